The Morgan fingerprint density at radius 3 is 2.77 bits per heavy atom. The highest BCUT2D eigenvalue weighted by Gasteiger charge is 2.36. The Morgan fingerprint density at radius 2 is 2.09 bits per heavy atom. The standard InChI is InChI=1S/C13H11F3N6/c1-8-5-10(18-7-9-3-2-4-17-6-9)22-12(19-8)20-11(21-22)13(14,15)16/h2-6,18H,7H2,1H3. The quantitative estimate of drug-likeness (QED) is 0.805. The number of halogens is 3. The van der Waals surface area contributed by atoms with Gasteiger partial charge < -0.3 is 5.32 Å². The predicted molar refractivity (Wildman–Crippen MR) is 72.1 cm³/mol. The lowest BCUT2D eigenvalue weighted by Gasteiger charge is -2.08. The van der Waals surface area contributed by atoms with Crippen molar-refractivity contribution in [2.24, 2.45) is 0 Å². The van der Waals surface area contributed by atoms with Crippen LogP contribution in [0.3, 0.4) is 0 Å². The maximum absolute atomic E-state index is 12.7. The lowest BCUT2D eigenvalue weighted by Crippen LogP contribution is -2.09. The fourth-order valence-electron chi connectivity index (χ4n) is 1.93. The molecule has 22 heavy (non-hydrogen) atoms. The van der Waals surface area contributed by atoms with Gasteiger partial charge in [0.2, 0.25) is 0 Å². The average Bonchev–Trinajstić information content (AvgIpc) is 2.90. The summed E-state index contributed by atoms with van der Waals surface area (Å²) in [5.41, 5.74) is 1.43. The summed E-state index contributed by atoms with van der Waals surface area (Å²) in [5, 5.41) is 6.50. The van der Waals surface area contributed by atoms with Crippen molar-refractivity contribution in [1.29, 1.82) is 0 Å². The summed E-state index contributed by atoms with van der Waals surface area (Å²) in [5.74, 6) is -0.926. The lowest BCUT2D eigenvalue weighted by molar-refractivity contribution is -0.144. The normalized spacial score (nSPS) is 11.8. The number of rotatable bonds is 3. The molecule has 0 saturated heterocycles. The highest BCUT2D eigenvalue weighted by atomic mass is 19.4. The maximum Gasteiger partial charge on any atom is 0.453 e. The van der Waals surface area contributed by atoms with Crippen LogP contribution in [-0.2, 0) is 12.7 Å². The Kier molecular flexibility index (Phi) is 3.39. The first-order valence-electron chi connectivity index (χ1n) is 6.38. The number of aryl methyl sites for hydroxylation is 1. The maximum atomic E-state index is 12.7. The summed E-state index contributed by atoms with van der Waals surface area (Å²) >= 11 is 0. The Labute approximate surface area is 123 Å². The number of pyridine rings is 1. The molecular formula is C13H11F3N6. The number of alkyl halides is 3. The van der Waals surface area contributed by atoms with Gasteiger partial charge in [0, 0.05) is 30.7 Å². The third-order valence-corrected chi connectivity index (χ3v) is 2.89. The topological polar surface area (TPSA) is 68.0 Å². The third-order valence-electron chi connectivity index (χ3n) is 2.89. The van der Waals surface area contributed by atoms with Crippen molar-refractivity contribution in [3.63, 3.8) is 0 Å². The monoisotopic (exact) mass is 308 g/mol. The molecule has 0 fully saturated rings. The number of hydrogen-bond acceptors (Lipinski definition) is 5. The van der Waals surface area contributed by atoms with Gasteiger partial charge in [-0.25, -0.2) is 4.98 Å². The number of nitrogens with one attached hydrogen (secondary N) is 1. The van der Waals surface area contributed by atoms with Crippen LogP contribution in [0.2, 0.25) is 0 Å². The van der Waals surface area contributed by atoms with Gasteiger partial charge in [-0.05, 0) is 18.6 Å². The number of aromatic nitrogens is 5. The van der Waals surface area contributed by atoms with E-state index in [9.17, 15) is 13.2 Å². The second-order valence-electron chi connectivity index (χ2n) is 4.64. The molecule has 3 rings (SSSR count). The van der Waals surface area contributed by atoms with E-state index < -0.39 is 12.0 Å². The molecule has 114 valence electrons. The number of anilines is 1. The van der Waals surface area contributed by atoms with Gasteiger partial charge >= 0.3 is 6.18 Å². The minimum atomic E-state index is -4.61. The van der Waals surface area contributed by atoms with Crippen molar-refractivity contribution >= 4 is 11.6 Å². The molecule has 9 heteroatoms. The molecule has 0 atom stereocenters. The zero-order chi connectivity index (χ0) is 15.7. The fraction of sp³-hybridized carbons (Fsp3) is 0.231. The van der Waals surface area contributed by atoms with Crippen molar-refractivity contribution in [2.75, 3.05) is 5.32 Å². The van der Waals surface area contributed by atoms with Crippen LogP contribution in [0.5, 0.6) is 0 Å². The summed E-state index contributed by atoms with van der Waals surface area (Å²) in [4.78, 5) is 11.4. The second kappa shape index (κ2) is 5.24. The molecular weight excluding hydrogens is 297 g/mol. The van der Waals surface area contributed by atoms with Crippen molar-refractivity contribution in [3.8, 4) is 0 Å². The molecule has 3 aromatic heterocycles. The SMILES string of the molecule is Cc1cc(NCc2cccnc2)n2nc(C(F)(F)F)nc2n1. The van der Waals surface area contributed by atoms with Crippen LogP contribution in [0.4, 0.5) is 19.0 Å². The summed E-state index contributed by atoms with van der Waals surface area (Å²) in [7, 11) is 0. The van der Waals surface area contributed by atoms with Gasteiger partial charge in [0.05, 0.1) is 0 Å². The van der Waals surface area contributed by atoms with Crippen molar-refractivity contribution in [3.05, 3.63) is 47.7 Å². The molecule has 1 N–H and O–H groups in total. The van der Waals surface area contributed by atoms with Crippen LogP contribution >= 0.6 is 0 Å². The molecule has 0 amide bonds. The summed E-state index contributed by atoms with van der Waals surface area (Å²) in [6.45, 7) is 2.07. The molecule has 0 aliphatic rings. The molecule has 0 aromatic carbocycles. The lowest BCUT2D eigenvalue weighted by atomic mass is 10.3. The Morgan fingerprint density at radius 1 is 1.27 bits per heavy atom. The summed E-state index contributed by atoms with van der Waals surface area (Å²) < 4.78 is 39.2. The fourth-order valence-corrected chi connectivity index (χ4v) is 1.93. The molecule has 3 heterocycles. The number of fused-ring (bicyclic) bond motifs is 1. The minimum absolute atomic E-state index is 0.0963. The predicted octanol–water partition coefficient (Wildman–Crippen LogP) is 2.46. The van der Waals surface area contributed by atoms with Crippen LogP contribution in [-0.4, -0.2) is 24.6 Å². The first-order chi connectivity index (χ1) is 10.4. The minimum Gasteiger partial charge on any atom is -0.366 e. The molecule has 0 unspecified atom stereocenters. The molecule has 3 aromatic rings. The van der Waals surface area contributed by atoms with Gasteiger partial charge in [-0.1, -0.05) is 6.07 Å². The van der Waals surface area contributed by atoms with E-state index in [-0.39, 0.29) is 5.78 Å². The Balaban J connectivity index is 1.96. The van der Waals surface area contributed by atoms with Crippen LogP contribution in [0.15, 0.2) is 30.6 Å². The first-order valence-corrected chi connectivity index (χ1v) is 6.38. The van der Waals surface area contributed by atoms with Crippen molar-refractivity contribution in [1.82, 2.24) is 24.6 Å². The van der Waals surface area contributed by atoms with Crippen LogP contribution in [0.25, 0.3) is 5.78 Å². The second-order valence-corrected chi connectivity index (χ2v) is 4.64. The van der Waals surface area contributed by atoms with Gasteiger partial charge in [-0.2, -0.15) is 22.7 Å². The first kappa shape index (κ1) is 14.2. The molecule has 0 aliphatic carbocycles. The summed E-state index contributed by atoms with van der Waals surface area (Å²) in [6.07, 6.45) is -1.30. The van der Waals surface area contributed by atoms with Gasteiger partial charge in [-0.3, -0.25) is 4.98 Å². The van der Waals surface area contributed by atoms with E-state index in [1.807, 2.05) is 6.07 Å². The Hall–Kier alpha value is -2.71. The van der Waals surface area contributed by atoms with Gasteiger partial charge in [-0.15, -0.1) is 5.10 Å². The van der Waals surface area contributed by atoms with E-state index in [1.165, 1.54) is 0 Å². The zero-order valence-corrected chi connectivity index (χ0v) is 11.5. The Bertz CT molecular complexity index is 797. The molecule has 0 radical (unpaired) electrons. The summed E-state index contributed by atoms with van der Waals surface area (Å²) in [6, 6.07) is 5.24. The highest BCUT2D eigenvalue weighted by molar-refractivity contribution is 5.45. The van der Waals surface area contributed by atoms with E-state index >= 15 is 0 Å². The van der Waals surface area contributed by atoms with Gasteiger partial charge in [0.15, 0.2) is 0 Å². The zero-order valence-electron chi connectivity index (χ0n) is 11.5. The van der Waals surface area contributed by atoms with Crippen LogP contribution in [0.1, 0.15) is 17.1 Å². The van der Waals surface area contributed by atoms with E-state index in [0.717, 1.165) is 10.1 Å². The molecule has 0 aliphatic heterocycles. The largest absolute Gasteiger partial charge is 0.453 e. The van der Waals surface area contributed by atoms with Crippen molar-refractivity contribution < 1.29 is 13.2 Å². The third kappa shape index (κ3) is 2.83. The molecule has 6 nitrogen and oxygen atoms in total. The molecule has 0 saturated carbocycles. The molecule has 0 spiro atoms. The van der Waals surface area contributed by atoms with Crippen LogP contribution in [0, 0.1) is 6.92 Å². The smallest absolute Gasteiger partial charge is 0.366 e. The van der Waals surface area contributed by atoms with Gasteiger partial charge in [0.1, 0.15) is 5.82 Å². The van der Waals surface area contributed by atoms with E-state index in [4.69, 9.17) is 0 Å². The highest BCUT2D eigenvalue weighted by Crippen LogP contribution is 2.27. The number of nitrogens with zero attached hydrogens (tertiary/aromatic N) is 5. The van der Waals surface area contributed by atoms with E-state index in [2.05, 4.69) is 25.4 Å². The van der Waals surface area contributed by atoms with Crippen molar-refractivity contribution in [2.45, 2.75) is 19.6 Å². The van der Waals surface area contributed by atoms with Gasteiger partial charge in [0.25, 0.3) is 11.6 Å². The number of hydrogen-bond donors (Lipinski definition) is 1. The van der Waals surface area contributed by atoms with Crippen LogP contribution < -0.4 is 5.32 Å². The van der Waals surface area contributed by atoms with E-state index in [1.54, 1.807) is 31.5 Å². The molecule has 0 bridgehead atoms. The average molecular weight is 308 g/mol. The van der Waals surface area contributed by atoms with E-state index in [0.29, 0.717) is 18.1 Å².